The van der Waals surface area contributed by atoms with E-state index in [0.29, 0.717) is 37.1 Å². The number of methoxy groups -OCH3 is 1. The van der Waals surface area contributed by atoms with Crippen LogP contribution in [0.3, 0.4) is 0 Å². The third-order valence-electron chi connectivity index (χ3n) is 3.70. The van der Waals surface area contributed by atoms with Crippen molar-refractivity contribution in [3.63, 3.8) is 0 Å². The van der Waals surface area contributed by atoms with Crippen LogP contribution >= 0.6 is 0 Å². The number of phenols is 1. The van der Waals surface area contributed by atoms with E-state index in [1.165, 1.54) is 19.2 Å². The molecule has 1 atom stereocenters. The molecule has 1 unspecified atom stereocenters. The van der Waals surface area contributed by atoms with Crippen molar-refractivity contribution in [1.29, 1.82) is 0 Å². The fraction of sp³-hybridized carbons (Fsp3) is 0.350. The average molecular weight is 375 g/mol. The van der Waals surface area contributed by atoms with Crippen LogP contribution in [0.1, 0.15) is 19.4 Å². The van der Waals surface area contributed by atoms with Crippen molar-refractivity contribution in [2.24, 2.45) is 4.99 Å². The highest BCUT2D eigenvalue weighted by Gasteiger charge is 2.07. The molecule has 0 bridgehead atoms. The van der Waals surface area contributed by atoms with E-state index in [2.05, 4.69) is 15.6 Å². The zero-order chi connectivity index (χ0) is 19.6. The van der Waals surface area contributed by atoms with Gasteiger partial charge in [-0.25, -0.2) is 9.38 Å². The van der Waals surface area contributed by atoms with Gasteiger partial charge < -0.3 is 25.2 Å². The van der Waals surface area contributed by atoms with Crippen molar-refractivity contribution in [3.05, 3.63) is 53.8 Å². The molecule has 3 N–H and O–H groups in total. The number of rotatable bonds is 8. The van der Waals surface area contributed by atoms with E-state index in [9.17, 15) is 9.50 Å². The van der Waals surface area contributed by atoms with Crippen LogP contribution in [0.15, 0.2) is 47.5 Å². The van der Waals surface area contributed by atoms with Gasteiger partial charge in [0.05, 0.1) is 20.2 Å². The van der Waals surface area contributed by atoms with Crippen LogP contribution in [0.2, 0.25) is 0 Å². The van der Waals surface area contributed by atoms with Crippen LogP contribution in [0.4, 0.5) is 4.39 Å². The van der Waals surface area contributed by atoms with Gasteiger partial charge in [0.1, 0.15) is 17.7 Å². The molecule has 0 spiro atoms. The summed E-state index contributed by atoms with van der Waals surface area (Å²) in [4.78, 5) is 4.50. The average Bonchev–Trinajstić information content (AvgIpc) is 2.64. The summed E-state index contributed by atoms with van der Waals surface area (Å²) in [6, 6.07) is 11.2. The number of ether oxygens (including phenoxy) is 2. The van der Waals surface area contributed by atoms with E-state index in [1.807, 2.05) is 19.9 Å². The van der Waals surface area contributed by atoms with Crippen molar-refractivity contribution >= 4 is 5.96 Å². The zero-order valence-corrected chi connectivity index (χ0v) is 15.8. The monoisotopic (exact) mass is 375 g/mol. The summed E-state index contributed by atoms with van der Waals surface area (Å²) in [7, 11) is 1.51. The highest BCUT2D eigenvalue weighted by Crippen LogP contribution is 2.26. The second kappa shape index (κ2) is 10.3. The summed E-state index contributed by atoms with van der Waals surface area (Å²) in [6.45, 7) is 5.47. The van der Waals surface area contributed by atoms with E-state index in [-0.39, 0.29) is 17.7 Å². The molecular weight excluding hydrogens is 349 g/mol. The summed E-state index contributed by atoms with van der Waals surface area (Å²) in [6.07, 6.45) is -0.180. The van der Waals surface area contributed by atoms with Crippen LogP contribution in [-0.4, -0.2) is 37.4 Å². The Morgan fingerprint density at radius 1 is 1.22 bits per heavy atom. The second-order valence-corrected chi connectivity index (χ2v) is 5.97. The molecule has 7 heteroatoms. The van der Waals surface area contributed by atoms with Crippen LogP contribution in [0, 0.1) is 5.82 Å². The van der Waals surface area contributed by atoms with Crippen molar-refractivity contribution in [2.45, 2.75) is 26.5 Å². The van der Waals surface area contributed by atoms with Crippen molar-refractivity contribution < 1.29 is 19.0 Å². The molecule has 0 aliphatic heterocycles. The molecule has 0 saturated carbocycles. The van der Waals surface area contributed by atoms with E-state index in [0.717, 1.165) is 5.56 Å². The maximum absolute atomic E-state index is 13.2. The van der Waals surface area contributed by atoms with Gasteiger partial charge in [0, 0.05) is 12.6 Å². The fourth-order valence-electron chi connectivity index (χ4n) is 2.40. The van der Waals surface area contributed by atoms with E-state index in [1.54, 1.807) is 24.3 Å². The van der Waals surface area contributed by atoms with E-state index < -0.39 is 0 Å². The van der Waals surface area contributed by atoms with E-state index in [4.69, 9.17) is 9.47 Å². The summed E-state index contributed by atoms with van der Waals surface area (Å²) in [5.74, 6) is 1.30. The standard InChI is InChI=1S/C20H26FN3O3/c1-4-22-20(24-13-15-8-9-19(26-3)18(25)10-15)23-12-14(2)27-17-7-5-6-16(21)11-17/h5-11,14,25H,4,12-13H2,1-3H3,(H2,22,23,24). The molecule has 0 heterocycles. The number of aliphatic imine (C=N–C) groups is 1. The summed E-state index contributed by atoms with van der Waals surface area (Å²) in [5.41, 5.74) is 0.856. The molecule has 0 aliphatic carbocycles. The van der Waals surface area contributed by atoms with Gasteiger partial charge in [-0.1, -0.05) is 12.1 Å². The number of nitrogens with one attached hydrogen (secondary N) is 2. The fourth-order valence-corrected chi connectivity index (χ4v) is 2.40. The number of benzene rings is 2. The summed E-state index contributed by atoms with van der Waals surface area (Å²) >= 11 is 0. The minimum atomic E-state index is -0.328. The maximum atomic E-state index is 13.2. The van der Waals surface area contributed by atoms with Gasteiger partial charge in [-0.3, -0.25) is 0 Å². The van der Waals surface area contributed by atoms with Crippen molar-refractivity contribution in [1.82, 2.24) is 10.6 Å². The molecular formula is C20H26FN3O3. The van der Waals surface area contributed by atoms with Gasteiger partial charge in [0.25, 0.3) is 0 Å². The zero-order valence-electron chi connectivity index (χ0n) is 15.8. The number of phenolic OH excluding ortho intramolecular Hbond substituents is 1. The first-order chi connectivity index (χ1) is 13.0. The van der Waals surface area contributed by atoms with Gasteiger partial charge in [-0.05, 0) is 43.7 Å². The topological polar surface area (TPSA) is 75.1 Å². The Kier molecular flexibility index (Phi) is 7.73. The van der Waals surface area contributed by atoms with Crippen LogP contribution in [0.25, 0.3) is 0 Å². The summed E-state index contributed by atoms with van der Waals surface area (Å²) in [5, 5.41) is 16.2. The van der Waals surface area contributed by atoms with Gasteiger partial charge in [0.15, 0.2) is 17.5 Å². The summed E-state index contributed by atoms with van der Waals surface area (Å²) < 4.78 is 24.0. The minimum absolute atomic E-state index is 0.0836. The van der Waals surface area contributed by atoms with Gasteiger partial charge in [-0.2, -0.15) is 0 Å². The first kappa shape index (κ1) is 20.4. The van der Waals surface area contributed by atoms with Gasteiger partial charge in [0.2, 0.25) is 0 Å². The molecule has 0 saturated heterocycles. The first-order valence-corrected chi connectivity index (χ1v) is 8.82. The smallest absolute Gasteiger partial charge is 0.191 e. The molecule has 0 aliphatic rings. The predicted octanol–water partition coefficient (Wildman–Crippen LogP) is 3.06. The Morgan fingerprint density at radius 2 is 2.04 bits per heavy atom. The normalized spacial score (nSPS) is 12.4. The maximum Gasteiger partial charge on any atom is 0.191 e. The molecule has 6 nitrogen and oxygen atoms in total. The molecule has 0 fully saturated rings. The third-order valence-corrected chi connectivity index (χ3v) is 3.70. The molecule has 0 aromatic heterocycles. The van der Waals surface area contributed by atoms with Crippen molar-refractivity contribution in [3.8, 4) is 17.2 Å². The Labute approximate surface area is 159 Å². The Morgan fingerprint density at radius 3 is 2.70 bits per heavy atom. The SMILES string of the molecule is CCNC(=NCc1ccc(OC)c(O)c1)NCC(C)Oc1cccc(F)c1. The molecule has 27 heavy (non-hydrogen) atoms. The first-order valence-electron chi connectivity index (χ1n) is 8.82. The van der Waals surface area contributed by atoms with Crippen molar-refractivity contribution in [2.75, 3.05) is 20.2 Å². The lowest BCUT2D eigenvalue weighted by molar-refractivity contribution is 0.223. The minimum Gasteiger partial charge on any atom is -0.504 e. The highest BCUT2D eigenvalue weighted by molar-refractivity contribution is 5.79. The van der Waals surface area contributed by atoms with Crippen LogP contribution in [0.5, 0.6) is 17.2 Å². The lowest BCUT2D eigenvalue weighted by Crippen LogP contribution is -2.41. The Balaban J connectivity index is 1.91. The molecule has 0 radical (unpaired) electrons. The third kappa shape index (κ3) is 6.69. The molecule has 2 rings (SSSR count). The second-order valence-electron chi connectivity index (χ2n) is 5.97. The lowest BCUT2D eigenvalue weighted by Gasteiger charge is -2.17. The predicted molar refractivity (Wildman–Crippen MR) is 104 cm³/mol. The molecule has 2 aromatic rings. The highest BCUT2D eigenvalue weighted by atomic mass is 19.1. The molecule has 0 amide bonds. The van der Waals surface area contributed by atoms with Gasteiger partial charge >= 0.3 is 0 Å². The number of hydrogen-bond acceptors (Lipinski definition) is 4. The number of halogens is 1. The molecule has 2 aromatic carbocycles. The Bertz CT molecular complexity index is 768. The largest absolute Gasteiger partial charge is 0.504 e. The van der Waals surface area contributed by atoms with Crippen LogP contribution < -0.4 is 20.1 Å². The lowest BCUT2D eigenvalue weighted by atomic mass is 10.2. The number of hydrogen-bond donors (Lipinski definition) is 3. The molecule has 146 valence electrons. The Hall–Kier alpha value is -2.96. The van der Waals surface area contributed by atoms with Crippen LogP contribution in [-0.2, 0) is 6.54 Å². The van der Waals surface area contributed by atoms with Gasteiger partial charge in [-0.15, -0.1) is 0 Å². The number of guanidine groups is 1. The van der Waals surface area contributed by atoms with E-state index >= 15 is 0 Å². The quantitative estimate of drug-likeness (QED) is 0.488. The number of aromatic hydroxyl groups is 1. The number of nitrogens with zero attached hydrogens (tertiary/aromatic N) is 1.